The van der Waals surface area contributed by atoms with Crippen molar-refractivity contribution in [3.05, 3.63) is 125 Å². The fraction of sp³-hybridized carbons (Fsp3) is 0.118. The summed E-state index contributed by atoms with van der Waals surface area (Å²) in [5.74, 6) is 0.797. The zero-order chi connectivity index (χ0) is 31.4. The van der Waals surface area contributed by atoms with Crippen LogP contribution in [0.5, 0.6) is 5.75 Å². The number of hydrogen-bond donors (Lipinski definition) is 1. The lowest BCUT2D eigenvalue weighted by molar-refractivity contribution is 0.306. The summed E-state index contributed by atoms with van der Waals surface area (Å²) in [7, 11) is -4.02. The average molecular weight is 636 g/mol. The molecule has 7 rings (SSSR count). The summed E-state index contributed by atoms with van der Waals surface area (Å²) >= 11 is 1.64. The molecule has 0 unspecified atom stereocenters. The minimum Gasteiger partial charge on any atom is -0.489 e. The highest BCUT2D eigenvalue weighted by Crippen LogP contribution is 2.39. The summed E-state index contributed by atoms with van der Waals surface area (Å²) in [6.07, 6.45) is 4.49. The van der Waals surface area contributed by atoms with Crippen LogP contribution in [0.1, 0.15) is 28.1 Å². The Kier molecular flexibility index (Phi) is 8.65. The Morgan fingerprint density at radius 2 is 1.64 bits per heavy atom. The van der Waals surface area contributed by atoms with Gasteiger partial charge in [0.2, 0.25) is 0 Å². The van der Waals surface area contributed by atoms with Crippen LogP contribution in [0.4, 0.5) is 0 Å². The van der Waals surface area contributed by atoms with Crippen LogP contribution in [0.3, 0.4) is 0 Å². The molecule has 0 aliphatic carbocycles. The lowest BCUT2D eigenvalue weighted by atomic mass is 10.1. The highest BCUT2D eigenvalue weighted by Gasteiger charge is 2.23. The predicted molar refractivity (Wildman–Crippen MR) is 178 cm³/mol. The third-order valence-electron chi connectivity index (χ3n) is 7.04. The standard InChI is InChI=1S/C27H21N5OS.C7H8O3S/c1-18-24(23-16-21(13-15-32(23)31-18)33-17-19-8-4-2-5-9-19)27-29-25(20-10-6-3-7-11-20)26(34-27)22-12-14-28-30-22;1-6-2-4-7(5-3-6)11(8,9)10/h2-11,13-16H,12,17H2,1H3;2-5H,1H3,(H,8,9,10). The minimum atomic E-state index is -4.02. The van der Waals surface area contributed by atoms with Crippen LogP contribution in [-0.4, -0.2) is 39.5 Å². The minimum absolute atomic E-state index is 0.0666. The second-order valence-corrected chi connectivity index (χ2v) is 12.7. The van der Waals surface area contributed by atoms with Crippen molar-refractivity contribution in [2.45, 2.75) is 31.8 Å². The van der Waals surface area contributed by atoms with Crippen molar-refractivity contribution in [2.75, 3.05) is 0 Å². The maximum atomic E-state index is 10.5. The van der Waals surface area contributed by atoms with E-state index >= 15 is 0 Å². The third-order valence-corrected chi connectivity index (χ3v) is 9.03. The Hall–Kier alpha value is -4.97. The van der Waals surface area contributed by atoms with Gasteiger partial charge >= 0.3 is 0 Å². The monoisotopic (exact) mass is 635 g/mol. The van der Waals surface area contributed by atoms with E-state index in [1.807, 2.05) is 79.3 Å². The maximum absolute atomic E-state index is 10.5. The predicted octanol–water partition coefficient (Wildman–Crippen LogP) is 7.43. The highest BCUT2D eigenvalue weighted by atomic mass is 32.2. The van der Waals surface area contributed by atoms with Crippen LogP contribution in [0.2, 0.25) is 0 Å². The number of pyridine rings is 1. The van der Waals surface area contributed by atoms with Crippen molar-refractivity contribution in [1.82, 2.24) is 14.6 Å². The van der Waals surface area contributed by atoms with E-state index in [0.29, 0.717) is 13.0 Å². The Morgan fingerprint density at radius 3 is 2.31 bits per heavy atom. The van der Waals surface area contributed by atoms with Gasteiger partial charge in [-0.3, -0.25) is 4.55 Å². The smallest absolute Gasteiger partial charge is 0.294 e. The van der Waals surface area contributed by atoms with Crippen molar-refractivity contribution in [1.29, 1.82) is 0 Å². The maximum Gasteiger partial charge on any atom is 0.294 e. The molecule has 0 saturated carbocycles. The number of rotatable bonds is 7. The molecular formula is C34H29N5O4S2. The molecule has 1 N–H and O–H groups in total. The first-order chi connectivity index (χ1) is 21.8. The molecule has 11 heteroatoms. The second-order valence-electron chi connectivity index (χ2n) is 10.3. The topological polar surface area (TPSA) is 119 Å². The number of benzene rings is 3. The van der Waals surface area contributed by atoms with Crippen LogP contribution in [0, 0.1) is 13.8 Å². The molecule has 0 bridgehead atoms. The van der Waals surface area contributed by atoms with E-state index < -0.39 is 10.1 Å². The molecule has 0 saturated heterocycles. The van der Waals surface area contributed by atoms with Crippen LogP contribution >= 0.6 is 11.3 Å². The molecule has 3 aromatic heterocycles. The normalized spacial score (nSPS) is 12.6. The molecule has 4 heterocycles. The molecule has 3 aromatic carbocycles. The van der Waals surface area contributed by atoms with Gasteiger partial charge in [0.15, 0.2) is 0 Å². The highest BCUT2D eigenvalue weighted by molar-refractivity contribution is 7.85. The zero-order valence-electron chi connectivity index (χ0n) is 24.5. The molecule has 45 heavy (non-hydrogen) atoms. The molecule has 226 valence electrons. The molecule has 0 radical (unpaired) electrons. The summed E-state index contributed by atoms with van der Waals surface area (Å²) < 4.78 is 37.5. The molecule has 1 aliphatic rings. The van der Waals surface area contributed by atoms with Gasteiger partial charge in [0, 0.05) is 30.5 Å². The molecule has 9 nitrogen and oxygen atoms in total. The van der Waals surface area contributed by atoms with Gasteiger partial charge in [0.1, 0.15) is 17.4 Å². The van der Waals surface area contributed by atoms with Crippen molar-refractivity contribution in [3.63, 3.8) is 0 Å². The molecule has 0 amide bonds. The van der Waals surface area contributed by atoms with Gasteiger partial charge in [0.25, 0.3) is 10.1 Å². The van der Waals surface area contributed by atoms with Gasteiger partial charge < -0.3 is 4.74 Å². The third kappa shape index (κ3) is 6.91. The van der Waals surface area contributed by atoms with Crippen LogP contribution in [-0.2, 0) is 16.7 Å². The van der Waals surface area contributed by atoms with Gasteiger partial charge in [-0.2, -0.15) is 23.7 Å². The van der Waals surface area contributed by atoms with E-state index in [4.69, 9.17) is 19.4 Å². The lowest BCUT2D eigenvalue weighted by Gasteiger charge is -2.07. The molecular weight excluding hydrogens is 607 g/mol. The van der Waals surface area contributed by atoms with Gasteiger partial charge in [-0.25, -0.2) is 9.50 Å². The molecule has 1 aliphatic heterocycles. The van der Waals surface area contributed by atoms with Crippen LogP contribution < -0.4 is 4.74 Å². The number of hydrogen-bond acceptors (Lipinski definition) is 8. The van der Waals surface area contributed by atoms with E-state index in [-0.39, 0.29) is 4.90 Å². The van der Waals surface area contributed by atoms with E-state index in [2.05, 4.69) is 34.5 Å². The van der Waals surface area contributed by atoms with Crippen molar-refractivity contribution < 1.29 is 17.7 Å². The number of fused-ring (bicyclic) bond motifs is 1. The van der Waals surface area contributed by atoms with E-state index in [9.17, 15) is 8.42 Å². The number of ether oxygens (including phenoxy) is 1. The number of nitrogens with zero attached hydrogens (tertiary/aromatic N) is 5. The van der Waals surface area contributed by atoms with E-state index in [0.717, 1.165) is 60.5 Å². The number of thiazole rings is 1. The van der Waals surface area contributed by atoms with Crippen LogP contribution in [0.15, 0.2) is 118 Å². The number of aromatic nitrogens is 3. The largest absolute Gasteiger partial charge is 0.489 e. The molecule has 6 aromatic rings. The summed E-state index contributed by atoms with van der Waals surface area (Å²) in [5, 5.41) is 14.1. The van der Waals surface area contributed by atoms with Crippen molar-refractivity contribution >= 4 is 38.9 Å². The molecule has 0 fully saturated rings. The summed E-state index contributed by atoms with van der Waals surface area (Å²) in [6, 6.07) is 30.4. The molecule has 0 spiro atoms. The fourth-order valence-electron chi connectivity index (χ4n) is 4.78. The fourth-order valence-corrected chi connectivity index (χ4v) is 6.45. The van der Waals surface area contributed by atoms with Gasteiger partial charge in [0.05, 0.1) is 38.0 Å². The average Bonchev–Trinajstić information content (AvgIpc) is 3.79. The van der Waals surface area contributed by atoms with Crippen molar-refractivity contribution in [2.24, 2.45) is 10.2 Å². The van der Waals surface area contributed by atoms with Gasteiger partial charge in [-0.1, -0.05) is 78.4 Å². The first-order valence-electron chi connectivity index (χ1n) is 14.1. The Labute approximate surface area is 265 Å². The summed E-state index contributed by atoms with van der Waals surface area (Å²) in [5.41, 5.74) is 7.93. The van der Waals surface area contributed by atoms with E-state index in [1.165, 1.54) is 12.1 Å². The number of aryl methyl sites for hydroxylation is 2. The Morgan fingerprint density at radius 1 is 0.933 bits per heavy atom. The SMILES string of the molecule is Cc1ccc(S(=O)(=O)O)cc1.Cc1nn2ccc(OCc3ccccc3)cc2c1-c1nc(-c2ccccc2)c(C2=NN=CC2)s1. The molecule has 0 atom stereocenters. The first kappa shape index (κ1) is 30.1. The Balaban J connectivity index is 0.000000276. The second kappa shape index (κ2) is 12.9. The lowest BCUT2D eigenvalue weighted by Crippen LogP contribution is -1.97. The Bertz CT molecular complexity index is 2120. The summed E-state index contributed by atoms with van der Waals surface area (Å²) in [4.78, 5) is 6.07. The quantitative estimate of drug-likeness (QED) is 0.182. The zero-order valence-corrected chi connectivity index (χ0v) is 26.2. The summed E-state index contributed by atoms with van der Waals surface area (Å²) in [6.45, 7) is 4.37. The van der Waals surface area contributed by atoms with Crippen LogP contribution in [0.25, 0.3) is 27.3 Å². The first-order valence-corrected chi connectivity index (χ1v) is 16.4. The van der Waals surface area contributed by atoms with Crippen molar-refractivity contribution in [3.8, 4) is 27.6 Å². The van der Waals surface area contributed by atoms with Gasteiger partial charge in [-0.05, 0) is 37.6 Å². The van der Waals surface area contributed by atoms with E-state index in [1.54, 1.807) is 23.5 Å². The van der Waals surface area contributed by atoms with Gasteiger partial charge in [-0.15, -0.1) is 11.3 Å².